The molecule has 1 rings (SSSR count). The lowest BCUT2D eigenvalue weighted by atomic mass is 10.1. The average molecular weight is 212 g/mol. The summed E-state index contributed by atoms with van der Waals surface area (Å²) in [5.41, 5.74) is 0.167. The van der Waals surface area contributed by atoms with Crippen molar-refractivity contribution in [2.75, 3.05) is 0 Å². The van der Waals surface area contributed by atoms with Gasteiger partial charge in [0, 0.05) is 0 Å². The molecule has 0 spiro atoms. The molecule has 80 valence electrons. The van der Waals surface area contributed by atoms with Crippen molar-refractivity contribution < 1.29 is 29.7 Å². The van der Waals surface area contributed by atoms with E-state index in [1.165, 1.54) is 24.3 Å². The molecule has 0 atom stereocenters. The fraction of sp³-hybridized carbons (Fsp3) is 0. The Labute approximate surface area is 84.4 Å². The van der Waals surface area contributed by atoms with Gasteiger partial charge in [0.15, 0.2) is 0 Å². The Balaban J connectivity index is 0.000000583. The van der Waals surface area contributed by atoms with Crippen LogP contribution in [0.2, 0.25) is 0 Å². The van der Waals surface area contributed by atoms with Crippen molar-refractivity contribution in [2.24, 2.45) is 0 Å². The Morgan fingerprint density at radius 3 is 1.27 bits per heavy atom. The van der Waals surface area contributed by atoms with Crippen molar-refractivity contribution in [3.8, 4) is 0 Å². The molecule has 0 aromatic heterocycles. The standard InChI is InChI=1S/C8H6O4.CH2O2/c9-7(10)5-1-2-6(4-3-5)8(11)12;2-1-3/h1-4H,(H,9,10)(H,11,12);1H,(H,2,3). The third-order valence-electron chi connectivity index (χ3n) is 1.38. The highest BCUT2D eigenvalue weighted by molar-refractivity contribution is 5.91. The smallest absolute Gasteiger partial charge is 0.335 e. The van der Waals surface area contributed by atoms with Gasteiger partial charge in [-0.05, 0) is 24.3 Å². The van der Waals surface area contributed by atoms with Crippen molar-refractivity contribution in [3.05, 3.63) is 35.4 Å². The molecule has 1 aromatic rings. The van der Waals surface area contributed by atoms with Crippen molar-refractivity contribution in [2.45, 2.75) is 0 Å². The lowest BCUT2D eigenvalue weighted by Crippen LogP contribution is -1.99. The fourth-order valence-corrected chi connectivity index (χ4v) is 0.755. The summed E-state index contributed by atoms with van der Waals surface area (Å²) in [4.78, 5) is 29.0. The fourth-order valence-electron chi connectivity index (χ4n) is 0.755. The number of carbonyl (C=O) groups is 3. The zero-order chi connectivity index (χ0) is 11.8. The van der Waals surface area contributed by atoms with Gasteiger partial charge in [-0.1, -0.05) is 0 Å². The first kappa shape index (κ1) is 12.6. The minimum absolute atomic E-state index is 0.0833. The number of benzene rings is 1. The Hall–Kier alpha value is -2.37. The summed E-state index contributed by atoms with van der Waals surface area (Å²) < 4.78 is 0. The van der Waals surface area contributed by atoms with Crippen LogP contribution in [0.4, 0.5) is 0 Å². The number of hydrogen-bond donors (Lipinski definition) is 3. The first-order valence-corrected chi connectivity index (χ1v) is 3.67. The predicted molar refractivity (Wildman–Crippen MR) is 49.1 cm³/mol. The van der Waals surface area contributed by atoms with Crippen LogP contribution >= 0.6 is 0 Å². The summed E-state index contributed by atoms with van der Waals surface area (Å²) in [7, 11) is 0. The first-order chi connectivity index (χ1) is 7.02. The highest BCUT2D eigenvalue weighted by Gasteiger charge is 2.04. The molecule has 0 fully saturated rings. The molecule has 0 saturated heterocycles. The molecule has 1 aromatic carbocycles. The van der Waals surface area contributed by atoms with Gasteiger partial charge in [-0.25, -0.2) is 9.59 Å². The number of hydrogen-bond acceptors (Lipinski definition) is 3. The summed E-state index contributed by atoms with van der Waals surface area (Å²) in [5.74, 6) is -2.13. The van der Waals surface area contributed by atoms with Gasteiger partial charge in [-0.15, -0.1) is 0 Å². The van der Waals surface area contributed by atoms with E-state index in [4.69, 9.17) is 20.1 Å². The van der Waals surface area contributed by atoms with Crippen LogP contribution in [0.3, 0.4) is 0 Å². The molecule has 0 radical (unpaired) electrons. The molecule has 3 N–H and O–H groups in total. The number of rotatable bonds is 2. The molecule has 0 saturated carbocycles. The van der Waals surface area contributed by atoms with Gasteiger partial charge >= 0.3 is 11.9 Å². The van der Waals surface area contributed by atoms with Crippen molar-refractivity contribution in [1.82, 2.24) is 0 Å². The van der Waals surface area contributed by atoms with E-state index in [-0.39, 0.29) is 17.6 Å². The highest BCUT2D eigenvalue weighted by Crippen LogP contribution is 2.03. The van der Waals surface area contributed by atoms with Crippen LogP contribution in [0.15, 0.2) is 24.3 Å². The molecule has 0 unspecified atom stereocenters. The van der Waals surface area contributed by atoms with E-state index in [0.717, 1.165) is 0 Å². The predicted octanol–water partition coefficient (Wildman–Crippen LogP) is 0.784. The van der Waals surface area contributed by atoms with Gasteiger partial charge in [0.05, 0.1) is 11.1 Å². The second kappa shape index (κ2) is 6.14. The molecule has 0 bridgehead atoms. The van der Waals surface area contributed by atoms with Gasteiger partial charge in [0.25, 0.3) is 6.47 Å². The Kier molecular flexibility index (Phi) is 5.17. The summed E-state index contributed by atoms with van der Waals surface area (Å²) in [6.45, 7) is -0.250. The maximum atomic E-state index is 10.3. The Morgan fingerprint density at radius 1 is 0.933 bits per heavy atom. The summed E-state index contributed by atoms with van der Waals surface area (Å²) >= 11 is 0. The lowest BCUT2D eigenvalue weighted by Gasteiger charge is -1.94. The van der Waals surface area contributed by atoms with Gasteiger partial charge in [-0.2, -0.15) is 0 Å². The number of carboxylic acid groups (broad SMARTS) is 3. The molecule has 0 aliphatic heterocycles. The van der Waals surface area contributed by atoms with E-state index in [0.29, 0.717) is 0 Å². The Morgan fingerprint density at radius 2 is 1.13 bits per heavy atom. The zero-order valence-electron chi connectivity index (χ0n) is 7.45. The van der Waals surface area contributed by atoms with Crippen LogP contribution in [0.1, 0.15) is 20.7 Å². The second-order valence-corrected chi connectivity index (χ2v) is 2.29. The largest absolute Gasteiger partial charge is 0.483 e. The zero-order valence-corrected chi connectivity index (χ0v) is 7.45. The minimum Gasteiger partial charge on any atom is -0.483 e. The third kappa shape index (κ3) is 4.41. The minimum atomic E-state index is -1.06. The molecular formula is C9H8O6. The van der Waals surface area contributed by atoms with Crippen molar-refractivity contribution >= 4 is 18.4 Å². The van der Waals surface area contributed by atoms with Crippen LogP contribution in [-0.4, -0.2) is 33.7 Å². The number of carboxylic acids is 2. The highest BCUT2D eigenvalue weighted by atomic mass is 16.4. The van der Waals surface area contributed by atoms with Crippen LogP contribution in [-0.2, 0) is 4.79 Å². The first-order valence-electron chi connectivity index (χ1n) is 3.67. The van der Waals surface area contributed by atoms with E-state index < -0.39 is 11.9 Å². The molecule has 0 aliphatic rings. The molecular weight excluding hydrogens is 204 g/mol. The summed E-state index contributed by atoms with van der Waals surface area (Å²) in [6, 6.07) is 5.02. The SMILES string of the molecule is O=C(O)c1ccc(C(=O)O)cc1.O=CO. The summed E-state index contributed by atoms with van der Waals surface area (Å²) in [6.07, 6.45) is 0. The van der Waals surface area contributed by atoms with Crippen molar-refractivity contribution in [1.29, 1.82) is 0 Å². The normalized spacial score (nSPS) is 8.27. The lowest BCUT2D eigenvalue weighted by molar-refractivity contribution is -0.122. The quantitative estimate of drug-likeness (QED) is 0.624. The third-order valence-corrected chi connectivity index (χ3v) is 1.38. The molecule has 0 amide bonds. The van der Waals surface area contributed by atoms with Gasteiger partial charge in [0.1, 0.15) is 0 Å². The van der Waals surface area contributed by atoms with Gasteiger partial charge < -0.3 is 15.3 Å². The van der Waals surface area contributed by atoms with E-state index in [1.54, 1.807) is 0 Å². The maximum Gasteiger partial charge on any atom is 0.335 e. The van der Waals surface area contributed by atoms with Crippen LogP contribution < -0.4 is 0 Å². The molecule has 6 heteroatoms. The maximum absolute atomic E-state index is 10.3. The molecule has 6 nitrogen and oxygen atoms in total. The molecule has 0 heterocycles. The second-order valence-electron chi connectivity index (χ2n) is 2.29. The molecule has 0 aliphatic carbocycles. The topological polar surface area (TPSA) is 112 Å². The van der Waals surface area contributed by atoms with Crippen LogP contribution in [0.25, 0.3) is 0 Å². The van der Waals surface area contributed by atoms with Crippen molar-refractivity contribution in [3.63, 3.8) is 0 Å². The summed E-state index contributed by atoms with van der Waals surface area (Å²) in [5, 5.41) is 23.8. The number of aromatic carboxylic acids is 2. The van der Waals surface area contributed by atoms with E-state index >= 15 is 0 Å². The molecule has 15 heavy (non-hydrogen) atoms. The van der Waals surface area contributed by atoms with E-state index in [1.807, 2.05) is 0 Å². The van der Waals surface area contributed by atoms with Crippen LogP contribution in [0, 0.1) is 0 Å². The average Bonchev–Trinajstić information content (AvgIpc) is 2.19. The van der Waals surface area contributed by atoms with E-state index in [9.17, 15) is 9.59 Å². The van der Waals surface area contributed by atoms with Gasteiger partial charge in [0.2, 0.25) is 0 Å². The monoisotopic (exact) mass is 212 g/mol. The Bertz CT molecular complexity index is 320. The van der Waals surface area contributed by atoms with Crippen LogP contribution in [0.5, 0.6) is 0 Å². The van der Waals surface area contributed by atoms with Gasteiger partial charge in [-0.3, -0.25) is 4.79 Å². The van der Waals surface area contributed by atoms with E-state index in [2.05, 4.69) is 0 Å².